The van der Waals surface area contributed by atoms with E-state index in [1.807, 2.05) is 12.1 Å². The smallest absolute Gasteiger partial charge is 0.205 e. The molecular formula is C13H8ClFIN3. The number of fused-ring (bicyclic) bond motifs is 1. The van der Waals surface area contributed by atoms with Crippen molar-refractivity contribution < 1.29 is 4.39 Å². The number of rotatable bonds is 1. The molecule has 0 saturated carbocycles. The molecule has 0 bridgehead atoms. The standard InChI is InChI=1S/C13H8ClFIN3/c14-7-1-4-11(9(16)5-7)19-12-6-8(15)2-3-10(12)18-13(19)17/h1-6H,(H2,17,18). The first-order valence-corrected chi connectivity index (χ1v) is 6.91. The van der Waals surface area contributed by atoms with E-state index in [1.165, 1.54) is 12.1 Å². The van der Waals surface area contributed by atoms with Crippen molar-refractivity contribution in [3.8, 4) is 5.69 Å². The van der Waals surface area contributed by atoms with Crippen LogP contribution in [0.5, 0.6) is 0 Å². The second kappa shape index (κ2) is 4.64. The molecule has 1 aromatic heterocycles. The van der Waals surface area contributed by atoms with Crippen molar-refractivity contribution in [2.24, 2.45) is 0 Å². The molecule has 0 fully saturated rings. The first-order chi connectivity index (χ1) is 9.06. The van der Waals surface area contributed by atoms with Crippen LogP contribution in [0, 0.1) is 9.39 Å². The lowest BCUT2D eigenvalue weighted by atomic mass is 10.2. The van der Waals surface area contributed by atoms with Crippen LogP contribution in [0.2, 0.25) is 5.02 Å². The largest absolute Gasteiger partial charge is 0.369 e. The number of nitrogens with two attached hydrogens (primary N) is 1. The molecule has 96 valence electrons. The predicted molar refractivity (Wildman–Crippen MR) is 83.2 cm³/mol. The number of aromatic nitrogens is 2. The maximum atomic E-state index is 13.4. The second-order valence-corrected chi connectivity index (χ2v) is 5.63. The van der Waals surface area contributed by atoms with E-state index in [0.717, 1.165) is 9.26 Å². The number of hydrogen-bond donors (Lipinski definition) is 1. The topological polar surface area (TPSA) is 43.8 Å². The van der Waals surface area contributed by atoms with Crippen LogP contribution in [0.4, 0.5) is 10.3 Å². The van der Waals surface area contributed by atoms with Crippen molar-refractivity contribution in [2.75, 3.05) is 5.73 Å². The van der Waals surface area contributed by atoms with Crippen molar-refractivity contribution in [3.05, 3.63) is 50.8 Å². The lowest BCUT2D eigenvalue weighted by Crippen LogP contribution is -2.02. The zero-order chi connectivity index (χ0) is 13.6. The van der Waals surface area contributed by atoms with E-state index in [1.54, 1.807) is 16.7 Å². The van der Waals surface area contributed by atoms with Gasteiger partial charge in [-0.2, -0.15) is 0 Å². The number of nitrogen functional groups attached to an aromatic ring is 1. The molecule has 0 aliphatic carbocycles. The van der Waals surface area contributed by atoms with E-state index in [2.05, 4.69) is 27.6 Å². The minimum Gasteiger partial charge on any atom is -0.369 e. The molecule has 2 aromatic carbocycles. The van der Waals surface area contributed by atoms with Crippen molar-refractivity contribution in [2.45, 2.75) is 0 Å². The normalized spacial score (nSPS) is 11.1. The van der Waals surface area contributed by atoms with Gasteiger partial charge in [-0.25, -0.2) is 9.37 Å². The molecule has 2 N–H and O–H groups in total. The van der Waals surface area contributed by atoms with Crippen LogP contribution in [-0.2, 0) is 0 Å². The third-order valence-corrected chi connectivity index (χ3v) is 3.89. The highest BCUT2D eigenvalue weighted by Crippen LogP contribution is 2.28. The fourth-order valence-corrected chi connectivity index (χ4v) is 3.10. The minimum atomic E-state index is -0.322. The molecule has 3 aromatic rings. The van der Waals surface area contributed by atoms with Gasteiger partial charge >= 0.3 is 0 Å². The van der Waals surface area contributed by atoms with Crippen LogP contribution in [0.3, 0.4) is 0 Å². The van der Waals surface area contributed by atoms with Crippen LogP contribution in [0.15, 0.2) is 36.4 Å². The van der Waals surface area contributed by atoms with Gasteiger partial charge in [0.25, 0.3) is 0 Å². The van der Waals surface area contributed by atoms with Gasteiger partial charge in [0.2, 0.25) is 5.95 Å². The highest BCUT2D eigenvalue weighted by Gasteiger charge is 2.13. The Balaban J connectivity index is 2.35. The Morgan fingerprint density at radius 2 is 2.00 bits per heavy atom. The summed E-state index contributed by atoms with van der Waals surface area (Å²) in [5, 5.41) is 0.641. The third-order valence-electron chi connectivity index (χ3n) is 2.79. The maximum Gasteiger partial charge on any atom is 0.205 e. The lowest BCUT2D eigenvalue weighted by Gasteiger charge is -2.09. The van der Waals surface area contributed by atoms with E-state index < -0.39 is 0 Å². The average Bonchev–Trinajstić information content (AvgIpc) is 2.65. The number of halogens is 3. The van der Waals surface area contributed by atoms with E-state index in [0.29, 0.717) is 22.0 Å². The van der Waals surface area contributed by atoms with Gasteiger partial charge in [0.15, 0.2) is 0 Å². The Kier molecular flexibility index (Phi) is 3.10. The molecule has 3 rings (SSSR count). The number of benzene rings is 2. The first kappa shape index (κ1) is 12.7. The molecule has 0 atom stereocenters. The Labute approximate surface area is 127 Å². The summed E-state index contributed by atoms with van der Waals surface area (Å²) in [5.41, 5.74) is 8.06. The zero-order valence-electron chi connectivity index (χ0n) is 9.57. The van der Waals surface area contributed by atoms with Crippen molar-refractivity contribution in [1.82, 2.24) is 9.55 Å². The van der Waals surface area contributed by atoms with Gasteiger partial charge in [-0.3, -0.25) is 4.57 Å². The van der Waals surface area contributed by atoms with Crippen molar-refractivity contribution >= 4 is 51.2 Å². The highest BCUT2D eigenvalue weighted by atomic mass is 127. The fraction of sp³-hybridized carbons (Fsp3) is 0. The summed E-state index contributed by atoms with van der Waals surface area (Å²) < 4.78 is 16.0. The molecule has 0 unspecified atom stereocenters. The Bertz CT molecular complexity index is 785. The average molecular weight is 388 g/mol. The van der Waals surface area contributed by atoms with Crippen molar-refractivity contribution in [1.29, 1.82) is 0 Å². The summed E-state index contributed by atoms with van der Waals surface area (Å²) in [6.07, 6.45) is 0. The molecule has 1 heterocycles. The Morgan fingerprint density at radius 1 is 1.21 bits per heavy atom. The molecule has 0 spiro atoms. The second-order valence-electron chi connectivity index (χ2n) is 4.03. The van der Waals surface area contributed by atoms with Crippen LogP contribution in [0.25, 0.3) is 16.7 Å². The lowest BCUT2D eigenvalue weighted by molar-refractivity contribution is 0.629. The number of anilines is 1. The van der Waals surface area contributed by atoms with Crippen LogP contribution in [-0.4, -0.2) is 9.55 Å². The molecule has 0 radical (unpaired) electrons. The van der Waals surface area contributed by atoms with E-state index in [9.17, 15) is 4.39 Å². The molecule has 0 aliphatic heterocycles. The number of imidazole rings is 1. The minimum absolute atomic E-state index is 0.320. The van der Waals surface area contributed by atoms with E-state index >= 15 is 0 Å². The summed E-state index contributed by atoms with van der Waals surface area (Å²) in [4.78, 5) is 4.23. The van der Waals surface area contributed by atoms with E-state index in [-0.39, 0.29) is 5.82 Å². The summed E-state index contributed by atoms with van der Waals surface area (Å²) in [5.74, 6) is -0.00143. The monoisotopic (exact) mass is 387 g/mol. The van der Waals surface area contributed by atoms with Gasteiger partial charge in [-0.1, -0.05) is 11.6 Å². The summed E-state index contributed by atoms with van der Waals surface area (Å²) >= 11 is 8.10. The Hall–Kier alpha value is -1.34. The summed E-state index contributed by atoms with van der Waals surface area (Å²) in [6.45, 7) is 0. The fourth-order valence-electron chi connectivity index (χ4n) is 1.98. The van der Waals surface area contributed by atoms with Crippen LogP contribution >= 0.6 is 34.2 Å². The van der Waals surface area contributed by atoms with Gasteiger partial charge < -0.3 is 5.73 Å². The molecule has 3 nitrogen and oxygen atoms in total. The molecule has 6 heteroatoms. The summed E-state index contributed by atoms with van der Waals surface area (Å²) in [6, 6.07) is 9.83. The van der Waals surface area contributed by atoms with E-state index in [4.69, 9.17) is 17.3 Å². The SMILES string of the molecule is Nc1nc2ccc(F)cc2n1-c1ccc(Cl)cc1I. The van der Waals surface area contributed by atoms with Crippen LogP contribution < -0.4 is 5.73 Å². The van der Waals surface area contributed by atoms with Crippen molar-refractivity contribution in [3.63, 3.8) is 0 Å². The number of nitrogens with zero attached hydrogens (tertiary/aromatic N) is 2. The predicted octanol–water partition coefficient (Wildman–Crippen LogP) is 4.00. The zero-order valence-corrected chi connectivity index (χ0v) is 12.5. The maximum absolute atomic E-state index is 13.4. The van der Waals surface area contributed by atoms with Crippen LogP contribution in [0.1, 0.15) is 0 Å². The molecule has 0 aliphatic rings. The summed E-state index contributed by atoms with van der Waals surface area (Å²) in [7, 11) is 0. The number of hydrogen-bond acceptors (Lipinski definition) is 2. The molecule has 0 saturated heterocycles. The third kappa shape index (κ3) is 2.17. The van der Waals surface area contributed by atoms with Gasteiger partial charge in [0.1, 0.15) is 5.82 Å². The molecule has 19 heavy (non-hydrogen) atoms. The quantitative estimate of drug-likeness (QED) is 0.641. The molecule has 0 amide bonds. The van der Waals surface area contributed by atoms with Gasteiger partial charge in [0.05, 0.1) is 16.7 Å². The highest BCUT2D eigenvalue weighted by molar-refractivity contribution is 14.1. The van der Waals surface area contributed by atoms with Gasteiger partial charge in [0, 0.05) is 14.7 Å². The van der Waals surface area contributed by atoms with Gasteiger partial charge in [-0.15, -0.1) is 0 Å². The van der Waals surface area contributed by atoms with Gasteiger partial charge in [-0.05, 0) is 52.9 Å². The molecular weight excluding hydrogens is 380 g/mol. The first-order valence-electron chi connectivity index (χ1n) is 5.45. The Morgan fingerprint density at radius 3 is 2.74 bits per heavy atom.